The molecule has 12 heteroatoms. The Morgan fingerprint density at radius 1 is 0.841 bits per heavy atom. The van der Waals surface area contributed by atoms with Crippen molar-refractivity contribution in [2.75, 3.05) is 19.8 Å². The van der Waals surface area contributed by atoms with Crippen LogP contribution >= 0.6 is 0 Å². The summed E-state index contributed by atoms with van der Waals surface area (Å²) in [5, 5.41) is 22.5. The third-order valence-electron chi connectivity index (χ3n) is 18.1. The van der Waals surface area contributed by atoms with E-state index in [9.17, 15) is 24.6 Å². The topological polar surface area (TPSA) is 156 Å². The van der Waals surface area contributed by atoms with Crippen molar-refractivity contribution in [1.82, 2.24) is 0 Å². The van der Waals surface area contributed by atoms with Gasteiger partial charge in [0.25, 0.3) is 0 Å². The Morgan fingerprint density at radius 3 is 2.16 bits per heavy atom. The van der Waals surface area contributed by atoms with E-state index in [-0.39, 0.29) is 82.1 Å². The summed E-state index contributed by atoms with van der Waals surface area (Å²) in [6.07, 6.45) is 17.0. The zero-order valence-corrected chi connectivity index (χ0v) is 39.5. The molecule has 6 aliphatic carbocycles. The van der Waals surface area contributed by atoms with Crippen molar-refractivity contribution in [1.29, 1.82) is 0 Å². The largest absolute Gasteiger partial charge is 0.459 e. The molecule has 0 aromatic carbocycles. The quantitative estimate of drug-likeness (QED) is 0.0327. The van der Waals surface area contributed by atoms with Crippen LogP contribution in [0.15, 0.2) is 24.0 Å². The van der Waals surface area contributed by atoms with Crippen LogP contribution < -0.4 is 0 Å². The zero-order valence-electron chi connectivity index (χ0n) is 39.5. The molecule has 2 saturated heterocycles. The number of ether oxygens (including phenoxy) is 5. The molecule has 0 aromatic rings. The highest BCUT2D eigenvalue weighted by Crippen LogP contribution is 2.65. The Bertz CT molecular complexity index is 1670. The van der Waals surface area contributed by atoms with Crippen molar-refractivity contribution >= 4 is 18.2 Å². The molecule has 0 radical (unpaired) electrons. The lowest BCUT2D eigenvalue weighted by atomic mass is 9.45. The van der Waals surface area contributed by atoms with E-state index < -0.39 is 12.2 Å². The first-order chi connectivity index (χ1) is 30.0. The van der Waals surface area contributed by atoms with Gasteiger partial charge < -0.3 is 43.6 Å². The number of hydrogen-bond donors (Lipinski definition) is 2. The van der Waals surface area contributed by atoms with Gasteiger partial charge in [0.2, 0.25) is 0 Å². The number of hydrogen-bond acceptors (Lipinski definition) is 12. The molecular formula is C51H80O12. The molecule has 2 aliphatic heterocycles. The van der Waals surface area contributed by atoms with Crippen LogP contribution in [-0.2, 0) is 47.8 Å². The van der Waals surface area contributed by atoms with Crippen LogP contribution in [0.25, 0.3) is 0 Å². The number of esters is 2. The first-order valence-corrected chi connectivity index (χ1v) is 24.8. The fourth-order valence-electron chi connectivity index (χ4n) is 14.3. The molecule has 17 atom stereocenters. The Balaban J connectivity index is 0.000000189. The number of fused-ring (bicyclic) bond motifs is 10. The number of carbonyl (C=O) groups is 3. The Morgan fingerprint density at radius 2 is 1.49 bits per heavy atom. The normalized spacial score (nSPS) is 44.7. The maximum atomic E-state index is 12.0. The van der Waals surface area contributed by atoms with E-state index in [1.165, 1.54) is 12.5 Å². The van der Waals surface area contributed by atoms with Crippen molar-refractivity contribution in [3.63, 3.8) is 0 Å². The van der Waals surface area contributed by atoms with E-state index >= 15 is 0 Å². The molecule has 8 rings (SSSR count). The zero-order chi connectivity index (χ0) is 45.3. The Labute approximate surface area is 376 Å². The molecule has 5 saturated carbocycles. The summed E-state index contributed by atoms with van der Waals surface area (Å²) >= 11 is 0. The molecule has 63 heavy (non-hydrogen) atoms. The number of aldehydes is 1. The standard InChI is InChI=1S/C26H42O6.C25H38O6/c1-6-8-16(3)31-32-18-9-11-25(4)17(13-18)14-20(27)23-19(25)10-12-26(5)21(15-29-24(23)26)30-22(28)7-2;1-16(27)31-21-15-30-23-22-19(8-10-25(21,23)3)24(2)9-7-18(13-17(24)14-20(22)28)29-12-6-4-5-11-26/h17-21,23-24,27H,3,6-15H2,1-2,4-5H3;11,14,18-23,28H,4-10,12-13,15H2,1-3H3/t17?,18-,19?,20-,21-,23?,24?,25-,26+;18-,19?,20-,21?,22?,23?,24-,25+/m00/s1. The predicted octanol–water partition coefficient (Wildman–Crippen LogP) is 8.54. The fraction of sp³-hybridized carbons (Fsp3) is 0.863. The van der Waals surface area contributed by atoms with Crippen LogP contribution in [0.5, 0.6) is 0 Å². The summed E-state index contributed by atoms with van der Waals surface area (Å²) in [5.41, 5.74) is 1.10. The average Bonchev–Trinajstić information content (AvgIpc) is 3.75. The molecule has 0 aromatic heterocycles. The van der Waals surface area contributed by atoms with Crippen LogP contribution in [-0.4, -0.2) is 97.1 Å². The smallest absolute Gasteiger partial charge is 0.305 e. The van der Waals surface area contributed by atoms with Crippen molar-refractivity contribution in [2.45, 2.75) is 206 Å². The minimum atomic E-state index is -0.542. The highest BCUT2D eigenvalue weighted by Gasteiger charge is 2.65. The number of allylic oxidation sites excluding steroid dienone is 1. The van der Waals surface area contributed by atoms with Crippen LogP contribution in [0, 0.1) is 51.2 Å². The second kappa shape index (κ2) is 19.9. The van der Waals surface area contributed by atoms with E-state index in [1.54, 1.807) is 0 Å². The third-order valence-corrected chi connectivity index (χ3v) is 18.1. The Kier molecular flexibility index (Phi) is 15.3. The van der Waals surface area contributed by atoms with Gasteiger partial charge in [0, 0.05) is 55.5 Å². The summed E-state index contributed by atoms with van der Waals surface area (Å²) in [7, 11) is 0. The molecule has 2 N–H and O–H groups in total. The maximum Gasteiger partial charge on any atom is 0.305 e. The van der Waals surface area contributed by atoms with Gasteiger partial charge in [0.1, 0.15) is 30.4 Å². The minimum absolute atomic E-state index is 0.0360. The third kappa shape index (κ3) is 9.47. The molecule has 8 aliphatic rings. The van der Waals surface area contributed by atoms with Gasteiger partial charge >= 0.3 is 11.9 Å². The molecule has 2 heterocycles. The second-order valence-electron chi connectivity index (χ2n) is 21.8. The lowest BCUT2D eigenvalue weighted by molar-refractivity contribution is -0.313. The van der Waals surface area contributed by atoms with Gasteiger partial charge in [-0.15, -0.1) is 0 Å². The van der Waals surface area contributed by atoms with Gasteiger partial charge in [0.15, 0.2) is 0 Å². The molecule has 0 amide bonds. The van der Waals surface area contributed by atoms with E-state index in [2.05, 4.69) is 47.3 Å². The highest BCUT2D eigenvalue weighted by atomic mass is 17.2. The van der Waals surface area contributed by atoms with Crippen LogP contribution in [0.1, 0.15) is 158 Å². The summed E-state index contributed by atoms with van der Waals surface area (Å²) in [6, 6.07) is 0. The van der Waals surface area contributed by atoms with Gasteiger partial charge in [-0.25, -0.2) is 0 Å². The van der Waals surface area contributed by atoms with Crippen LogP contribution in [0.2, 0.25) is 0 Å². The number of carbonyl (C=O) groups excluding carboxylic acids is 3. The van der Waals surface area contributed by atoms with Crippen molar-refractivity contribution in [3.05, 3.63) is 24.0 Å². The van der Waals surface area contributed by atoms with Gasteiger partial charge in [-0.2, -0.15) is 4.89 Å². The lowest BCUT2D eigenvalue weighted by Crippen LogP contribution is -2.61. The van der Waals surface area contributed by atoms with Gasteiger partial charge in [-0.3, -0.25) is 9.59 Å². The van der Waals surface area contributed by atoms with E-state index in [0.29, 0.717) is 56.2 Å². The van der Waals surface area contributed by atoms with Gasteiger partial charge in [-0.1, -0.05) is 59.8 Å². The molecule has 0 bridgehead atoms. The lowest BCUT2D eigenvalue weighted by Gasteiger charge is -2.61. The number of aliphatic hydroxyl groups excluding tert-OH is 2. The van der Waals surface area contributed by atoms with Crippen molar-refractivity contribution < 1.29 is 58.1 Å². The maximum absolute atomic E-state index is 12.0. The molecule has 8 unspecified atom stereocenters. The van der Waals surface area contributed by atoms with Gasteiger partial charge in [-0.05, 0) is 118 Å². The van der Waals surface area contributed by atoms with Crippen LogP contribution in [0.4, 0.5) is 0 Å². The molecule has 7 fully saturated rings. The fourth-order valence-corrected chi connectivity index (χ4v) is 14.3. The molecule has 12 nitrogen and oxygen atoms in total. The van der Waals surface area contributed by atoms with E-state index in [4.69, 9.17) is 33.5 Å². The molecule has 0 spiro atoms. The SMILES string of the molecule is C=C(CCC)OO[C@H]1CC[C@@]2(C)C(C1)C[C@H](O)C1C2CC[C@@]2(C)C1OC[C@@H]2OC(=O)CC.CC(=O)OC1COC2C3C(CC[C@]12C)[C@@]1(C)CC[C@H](OCCCCC=O)CC1=C[C@@H]3O. The second-order valence-corrected chi connectivity index (χ2v) is 21.8. The number of rotatable bonds is 14. The van der Waals surface area contributed by atoms with E-state index in [1.807, 2.05) is 6.92 Å². The Hall–Kier alpha value is -2.35. The van der Waals surface area contributed by atoms with Crippen molar-refractivity contribution in [3.8, 4) is 0 Å². The van der Waals surface area contributed by atoms with Crippen molar-refractivity contribution in [2.24, 2.45) is 51.2 Å². The first kappa shape index (κ1) is 48.6. The summed E-state index contributed by atoms with van der Waals surface area (Å²) < 4.78 is 30.0. The average molecular weight is 885 g/mol. The predicted molar refractivity (Wildman–Crippen MR) is 236 cm³/mol. The number of unbranched alkanes of at least 4 members (excludes halogenated alkanes) is 2. The van der Waals surface area contributed by atoms with E-state index in [0.717, 1.165) is 103 Å². The van der Waals surface area contributed by atoms with Crippen LogP contribution in [0.3, 0.4) is 0 Å². The summed E-state index contributed by atoms with van der Waals surface area (Å²) in [6.45, 7) is 20.0. The number of aliphatic hydroxyl groups is 2. The summed E-state index contributed by atoms with van der Waals surface area (Å²) in [4.78, 5) is 45.3. The molecular weight excluding hydrogens is 805 g/mol. The summed E-state index contributed by atoms with van der Waals surface area (Å²) in [5.74, 6) is 1.57. The van der Waals surface area contributed by atoms with Gasteiger partial charge in [0.05, 0.1) is 43.7 Å². The monoisotopic (exact) mass is 885 g/mol. The first-order valence-electron chi connectivity index (χ1n) is 24.8. The molecule has 356 valence electrons. The highest BCUT2D eigenvalue weighted by molar-refractivity contribution is 5.69. The minimum Gasteiger partial charge on any atom is -0.459 e.